The molecule has 0 aliphatic heterocycles. The van der Waals surface area contributed by atoms with Gasteiger partial charge in [0.2, 0.25) is 0 Å². The Morgan fingerprint density at radius 1 is 1.54 bits per heavy atom. The second-order valence-corrected chi connectivity index (χ2v) is 2.67. The molecule has 1 aromatic heterocycles. The maximum absolute atomic E-state index is 10.1. The summed E-state index contributed by atoms with van der Waals surface area (Å²) in [6.45, 7) is 0. The van der Waals surface area contributed by atoms with E-state index in [4.69, 9.17) is 16.7 Å². The van der Waals surface area contributed by atoms with Crippen molar-refractivity contribution in [3.05, 3.63) is 29.1 Å². The molecule has 0 aromatic carbocycles. The molecule has 0 saturated heterocycles. The predicted octanol–water partition coefficient (Wildman–Crippen LogP) is 1.62. The van der Waals surface area contributed by atoms with E-state index >= 15 is 0 Å². The molecule has 0 fully saturated rings. The van der Waals surface area contributed by atoms with Crippen molar-refractivity contribution in [3.63, 3.8) is 0 Å². The van der Waals surface area contributed by atoms with Crippen LogP contribution in [-0.2, 0) is 4.79 Å². The number of aliphatic carboxylic acids is 1. The molecule has 0 aliphatic rings. The molecule has 4 nitrogen and oxygen atoms in total. The molecule has 1 aromatic rings. The number of hydrogen-bond donors (Lipinski definition) is 1. The van der Waals surface area contributed by atoms with E-state index in [9.17, 15) is 4.79 Å². The lowest BCUT2D eigenvalue weighted by molar-refractivity contribution is -0.135. The molecule has 0 radical (unpaired) electrons. The highest BCUT2D eigenvalue weighted by Crippen LogP contribution is 2.03. The predicted molar refractivity (Wildman–Crippen MR) is 48.3 cm³/mol. The van der Waals surface area contributed by atoms with E-state index < -0.39 is 5.97 Å². The van der Waals surface area contributed by atoms with Gasteiger partial charge in [-0.15, -0.1) is 10.2 Å². The molecule has 0 bridgehead atoms. The fourth-order valence-electron chi connectivity index (χ4n) is 0.696. The van der Waals surface area contributed by atoms with Crippen molar-refractivity contribution in [2.24, 2.45) is 0 Å². The van der Waals surface area contributed by atoms with Crippen LogP contribution in [0.1, 0.15) is 12.1 Å². The Morgan fingerprint density at radius 2 is 2.31 bits per heavy atom. The first-order valence-electron chi connectivity index (χ1n) is 3.56. The molecule has 68 valence electrons. The van der Waals surface area contributed by atoms with Gasteiger partial charge in [-0.3, -0.25) is 4.79 Å². The summed E-state index contributed by atoms with van der Waals surface area (Å²) in [5.74, 6) is -0.877. The van der Waals surface area contributed by atoms with Gasteiger partial charge < -0.3 is 5.11 Å². The SMILES string of the molecule is O=C(O)CC=Cc1ccc(Cl)nn1. The number of aromatic nitrogens is 2. The monoisotopic (exact) mass is 198 g/mol. The van der Waals surface area contributed by atoms with Gasteiger partial charge in [-0.05, 0) is 18.2 Å². The van der Waals surface area contributed by atoms with Crippen LogP contribution in [0.25, 0.3) is 6.08 Å². The Bertz CT molecular complexity index is 321. The lowest BCUT2D eigenvalue weighted by Gasteiger charge is -1.90. The van der Waals surface area contributed by atoms with Crippen LogP contribution in [0.3, 0.4) is 0 Å². The number of nitrogens with zero attached hydrogens (tertiary/aromatic N) is 2. The van der Waals surface area contributed by atoms with Crippen molar-refractivity contribution in [2.75, 3.05) is 0 Å². The average Bonchev–Trinajstić information content (AvgIpc) is 2.08. The molecule has 0 saturated carbocycles. The summed E-state index contributed by atoms with van der Waals surface area (Å²) in [6.07, 6.45) is 3.06. The molecule has 1 heterocycles. The van der Waals surface area contributed by atoms with Crippen molar-refractivity contribution in [2.45, 2.75) is 6.42 Å². The van der Waals surface area contributed by atoms with Gasteiger partial charge in [0.05, 0.1) is 12.1 Å². The highest BCUT2D eigenvalue weighted by Gasteiger charge is 1.92. The Hall–Kier alpha value is -1.42. The summed E-state index contributed by atoms with van der Waals surface area (Å²) in [4.78, 5) is 10.1. The zero-order chi connectivity index (χ0) is 9.68. The van der Waals surface area contributed by atoms with Gasteiger partial charge in [-0.2, -0.15) is 0 Å². The smallest absolute Gasteiger partial charge is 0.307 e. The third-order valence-electron chi connectivity index (χ3n) is 1.23. The molecule has 13 heavy (non-hydrogen) atoms. The van der Waals surface area contributed by atoms with E-state index in [1.807, 2.05) is 0 Å². The van der Waals surface area contributed by atoms with Crippen molar-refractivity contribution >= 4 is 23.6 Å². The maximum Gasteiger partial charge on any atom is 0.307 e. The zero-order valence-corrected chi connectivity index (χ0v) is 7.40. The van der Waals surface area contributed by atoms with Crippen LogP contribution in [0.15, 0.2) is 18.2 Å². The van der Waals surface area contributed by atoms with Crippen molar-refractivity contribution < 1.29 is 9.90 Å². The van der Waals surface area contributed by atoms with Crippen molar-refractivity contribution in [1.29, 1.82) is 0 Å². The van der Waals surface area contributed by atoms with E-state index in [1.165, 1.54) is 6.08 Å². The fraction of sp³-hybridized carbons (Fsp3) is 0.125. The summed E-state index contributed by atoms with van der Waals surface area (Å²) in [6, 6.07) is 3.25. The minimum Gasteiger partial charge on any atom is -0.481 e. The second-order valence-electron chi connectivity index (χ2n) is 2.28. The fourth-order valence-corrected chi connectivity index (χ4v) is 0.796. The highest BCUT2D eigenvalue weighted by atomic mass is 35.5. The van der Waals surface area contributed by atoms with Gasteiger partial charge in [-0.25, -0.2) is 0 Å². The topological polar surface area (TPSA) is 63.1 Å². The van der Waals surface area contributed by atoms with E-state index in [2.05, 4.69) is 10.2 Å². The van der Waals surface area contributed by atoms with E-state index in [1.54, 1.807) is 18.2 Å². The second kappa shape index (κ2) is 4.57. The third kappa shape index (κ3) is 3.66. The molecule has 0 spiro atoms. The van der Waals surface area contributed by atoms with Gasteiger partial charge in [0, 0.05) is 0 Å². The normalized spacial score (nSPS) is 10.5. The minimum atomic E-state index is -0.877. The first-order chi connectivity index (χ1) is 6.18. The zero-order valence-electron chi connectivity index (χ0n) is 6.64. The minimum absolute atomic E-state index is 0.0235. The van der Waals surface area contributed by atoms with Gasteiger partial charge in [0.25, 0.3) is 0 Å². The standard InChI is InChI=1S/C8H7ClN2O2/c9-7-5-4-6(10-11-7)2-1-3-8(12)13/h1-2,4-5H,3H2,(H,12,13). The Labute approximate surface area is 79.9 Å². The summed E-state index contributed by atoms with van der Waals surface area (Å²) >= 11 is 5.50. The van der Waals surface area contributed by atoms with E-state index in [0.717, 1.165) is 0 Å². The molecule has 0 unspecified atom stereocenters. The number of hydrogen-bond acceptors (Lipinski definition) is 3. The van der Waals surface area contributed by atoms with Crippen LogP contribution in [0, 0.1) is 0 Å². The Morgan fingerprint density at radius 3 is 2.85 bits per heavy atom. The molecule has 0 amide bonds. The summed E-state index contributed by atoms with van der Waals surface area (Å²) in [7, 11) is 0. The van der Waals surface area contributed by atoms with Gasteiger partial charge in [0.15, 0.2) is 5.15 Å². The number of carboxylic acid groups (broad SMARTS) is 1. The van der Waals surface area contributed by atoms with Crippen LogP contribution >= 0.6 is 11.6 Å². The lowest BCUT2D eigenvalue weighted by Crippen LogP contribution is -1.90. The lowest BCUT2D eigenvalue weighted by atomic mass is 10.3. The van der Waals surface area contributed by atoms with Gasteiger partial charge >= 0.3 is 5.97 Å². The molecular weight excluding hydrogens is 192 g/mol. The first kappa shape index (κ1) is 9.67. The number of halogens is 1. The molecule has 5 heteroatoms. The summed E-state index contributed by atoms with van der Waals surface area (Å²) in [5, 5.41) is 15.9. The van der Waals surface area contributed by atoms with E-state index in [0.29, 0.717) is 10.8 Å². The highest BCUT2D eigenvalue weighted by molar-refractivity contribution is 6.29. The van der Waals surface area contributed by atoms with E-state index in [-0.39, 0.29) is 6.42 Å². The Balaban J connectivity index is 2.59. The van der Waals surface area contributed by atoms with Gasteiger partial charge in [0.1, 0.15) is 0 Å². The van der Waals surface area contributed by atoms with Crippen LogP contribution in [0.4, 0.5) is 0 Å². The summed E-state index contributed by atoms with van der Waals surface area (Å²) < 4.78 is 0. The van der Waals surface area contributed by atoms with Crippen LogP contribution in [0.2, 0.25) is 5.15 Å². The number of carbonyl (C=O) groups is 1. The number of rotatable bonds is 3. The largest absolute Gasteiger partial charge is 0.481 e. The maximum atomic E-state index is 10.1. The molecule has 0 aliphatic carbocycles. The molecular formula is C8H7ClN2O2. The molecule has 1 N–H and O–H groups in total. The quantitative estimate of drug-likeness (QED) is 0.802. The summed E-state index contributed by atoms with van der Waals surface area (Å²) in [5.41, 5.74) is 0.589. The molecule has 1 rings (SSSR count). The average molecular weight is 199 g/mol. The third-order valence-corrected chi connectivity index (χ3v) is 1.44. The van der Waals surface area contributed by atoms with Crippen LogP contribution in [0.5, 0.6) is 0 Å². The van der Waals surface area contributed by atoms with Crippen LogP contribution in [-0.4, -0.2) is 21.3 Å². The Kier molecular flexibility index (Phi) is 3.40. The van der Waals surface area contributed by atoms with Crippen LogP contribution < -0.4 is 0 Å². The van der Waals surface area contributed by atoms with Crippen molar-refractivity contribution in [3.8, 4) is 0 Å². The molecule has 0 atom stereocenters. The first-order valence-corrected chi connectivity index (χ1v) is 3.94. The van der Waals surface area contributed by atoms with Crippen molar-refractivity contribution in [1.82, 2.24) is 10.2 Å². The number of carboxylic acids is 1. The van der Waals surface area contributed by atoms with Gasteiger partial charge in [-0.1, -0.05) is 17.7 Å².